The van der Waals surface area contributed by atoms with Crippen molar-refractivity contribution in [1.82, 2.24) is 10.2 Å². The lowest BCUT2D eigenvalue weighted by Crippen LogP contribution is -2.62. The van der Waals surface area contributed by atoms with Crippen LogP contribution in [0.15, 0.2) is 18.2 Å². The number of benzene rings is 1. The number of hydrogen-bond acceptors (Lipinski definition) is 5. The smallest absolute Gasteiger partial charge is 0.264 e. The number of anilines is 1. The van der Waals surface area contributed by atoms with Gasteiger partial charge in [-0.1, -0.05) is 6.07 Å². The number of amides is 4. The molecule has 0 saturated carbocycles. The Bertz CT molecular complexity index is 727. The Morgan fingerprint density at radius 1 is 1.18 bits per heavy atom. The van der Waals surface area contributed by atoms with Crippen LogP contribution in [0.1, 0.15) is 40.5 Å². The average Bonchev–Trinajstić information content (AvgIpc) is 2.76. The van der Waals surface area contributed by atoms with Gasteiger partial charge in [-0.05, 0) is 25.5 Å². The molecule has 7 nitrogen and oxygen atoms in total. The van der Waals surface area contributed by atoms with Crippen LogP contribution in [0, 0.1) is 0 Å². The standard InChI is InChI=1S/C15H15N3O4/c1-15(7-6-10(19)17-14(15)22)18-12(20)8-4-3-5-9(16-2)11(8)13(18)21/h3-5,16H,6-7H2,1-2H3,(H,17,19,22). The predicted molar refractivity (Wildman–Crippen MR) is 77.3 cm³/mol. The van der Waals surface area contributed by atoms with Crippen molar-refractivity contribution >= 4 is 29.3 Å². The van der Waals surface area contributed by atoms with Crippen molar-refractivity contribution in [2.75, 3.05) is 12.4 Å². The van der Waals surface area contributed by atoms with Crippen molar-refractivity contribution in [3.8, 4) is 0 Å². The number of nitrogens with one attached hydrogen (secondary N) is 2. The molecule has 114 valence electrons. The third kappa shape index (κ3) is 1.75. The van der Waals surface area contributed by atoms with E-state index >= 15 is 0 Å². The zero-order valence-corrected chi connectivity index (χ0v) is 12.2. The Hall–Kier alpha value is -2.70. The maximum Gasteiger partial charge on any atom is 0.264 e. The van der Waals surface area contributed by atoms with Crippen LogP contribution in [0.4, 0.5) is 5.69 Å². The lowest BCUT2D eigenvalue weighted by Gasteiger charge is -2.38. The largest absolute Gasteiger partial charge is 0.387 e. The Kier molecular flexibility index (Phi) is 3.01. The van der Waals surface area contributed by atoms with Crippen LogP contribution >= 0.6 is 0 Å². The Morgan fingerprint density at radius 2 is 1.91 bits per heavy atom. The lowest BCUT2D eigenvalue weighted by molar-refractivity contribution is -0.140. The Labute approximate surface area is 126 Å². The molecule has 2 aliphatic heterocycles. The van der Waals surface area contributed by atoms with E-state index in [1.54, 1.807) is 25.2 Å². The van der Waals surface area contributed by atoms with Gasteiger partial charge in [0.2, 0.25) is 5.91 Å². The summed E-state index contributed by atoms with van der Waals surface area (Å²) in [5, 5.41) is 5.08. The maximum atomic E-state index is 12.7. The van der Waals surface area contributed by atoms with Gasteiger partial charge in [0, 0.05) is 19.2 Å². The van der Waals surface area contributed by atoms with Gasteiger partial charge in [-0.25, -0.2) is 0 Å². The number of rotatable bonds is 2. The van der Waals surface area contributed by atoms with Crippen molar-refractivity contribution in [1.29, 1.82) is 0 Å². The summed E-state index contributed by atoms with van der Waals surface area (Å²) in [5.41, 5.74) is -0.288. The summed E-state index contributed by atoms with van der Waals surface area (Å²) >= 11 is 0. The molecule has 1 aromatic carbocycles. The zero-order valence-electron chi connectivity index (χ0n) is 12.2. The summed E-state index contributed by atoms with van der Waals surface area (Å²) in [4.78, 5) is 49.9. The normalized spacial score (nSPS) is 24.4. The molecule has 0 spiro atoms. The molecule has 1 unspecified atom stereocenters. The summed E-state index contributed by atoms with van der Waals surface area (Å²) in [6, 6.07) is 4.93. The van der Waals surface area contributed by atoms with E-state index in [0.717, 1.165) is 4.90 Å². The minimum atomic E-state index is -1.36. The fourth-order valence-corrected chi connectivity index (χ4v) is 2.95. The van der Waals surface area contributed by atoms with Crippen molar-refractivity contribution in [3.63, 3.8) is 0 Å². The van der Waals surface area contributed by atoms with Gasteiger partial charge in [0.05, 0.1) is 11.1 Å². The van der Waals surface area contributed by atoms with Crippen LogP contribution in [-0.2, 0) is 9.59 Å². The third-order valence-electron chi connectivity index (χ3n) is 4.26. The van der Waals surface area contributed by atoms with E-state index in [0.29, 0.717) is 5.69 Å². The molecule has 1 fully saturated rings. The van der Waals surface area contributed by atoms with Crippen LogP contribution in [0.2, 0.25) is 0 Å². The Balaban J connectivity index is 2.08. The number of carbonyl (C=O) groups is 4. The van der Waals surface area contributed by atoms with Crippen molar-refractivity contribution in [2.45, 2.75) is 25.3 Å². The molecule has 0 radical (unpaired) electrons. The van der Waals surface area contributed by atoms with E-state index in [2.05, 4.69) is 10.6 Å². The van der Waals surface area contributed by atoms with E-state index in [9.17, 15) is 19.2 Å². The highest BCUT2D eigenvalue weighted by Crippen LogP contribution is 2.36. The van der Waals surface area contributed by atoms with Gasteiger partial charge in [-0.3, -0.25) is 29.4 Å². The molecule has 2 heterocycles. The van der Waals surface area contributed by atoms with Gasteiger partial charge in [-0.2, -0.15) is 0 Å². The molecule has 0 bridgehead atoms. The zero-order chi connectivity index (χ0) is 16.1. The van der Waals surface area contributed by atoms with Gasteiger partial charge < -0.3 is 5.32 Å². The first kappa shape index (κ1) is 14.2. The van der Waals surface area contributed by atoms with E-state index in [1.807, 2.05) is 0 Å². The number of carbonyl (C=O) groups excluding carboxylic acids is 4. The summed E-state index contributed by atoms with van der Waals surface area (Å²) in [6.45, 7) is 1.51. The highest BCUT2D eigenvalue weighted by Gasteiger charge is 2.53. The molecule has 2 aliphatic rings. The average molecular weight is 301 g/mol. The molecule has 7 heteroatoms. The minimum Gasteiger partial charge on any atom is -0.387 e. The van der Waals surface area contributed by atoms with Gasteiger partial charge in [0.15, 0.2) is 0 Å². The van der Waals surface area contributed by atoms with E-state index < -0.39 is 29.2 Å². The number of hydrogen-bond donors (Lipinski definition) is 2. The second-order valence-electron chi connectivity index (χ2n) is 5.58. The van der Waals surface area contributed by atoms with Crippen molar-refractivity contribution in [2.24, 2.45) is 0 Å². The van der Waals surface area contributed by atoms with Crippen LogP contribution in [0.3, 0.4) is 0 Å². The molecule has 4 amide bonds. The molecule has 1 saturated heterocycles. The second-order valence-corrected chi connectivity index (χ2v) is 5.58. The highest BCUT2D eigenvalue weighted by atomic mass is 16.2. The van der Waals surface area contributed by atoms with Crippen LogP contribution in [0.5, 0.6) is 0 Å². The van der Waals surface area contributed by atoms with Gasteiger partial charge in [-0.15, -0.1) is 0 Å². The minimum absolute atomic E-state index is 0.0918. The number of imide groups is 2. The van der Waals surface area contributed by atoms with Crippen molar-refractivity contribution in [3.05, 3.63) is 29.3 Å². The maximum absolute atomic E-state index is 12.7. The summed E-state index contributed by atoms with van der Waals surface area (Å²) in [6.07, 6.45) is 0.215. The van der Waals surface area contributed by atoms with E-state index in [-0.39, 0.29) is 24.0 Å². The van der Waals surface area contributed by atoms with Crippen LogP contribution < -0.4 is 10.6 Å². The topological polar surface area (TPSA) is 95.6 Å². The van der Waals surface area contributed by atoms with Gasteiger partial charge >= 0.3 is 0 Å². The summed E-state index contributed by atoms with van der Waals surface area (Å²) in [5.74, 6) is -2.04. The SMILES string of the molecule is CNc1cccc2c1C(=O)N(C1(C)CCC(=O)NC1=O)C2=O. The first-order valence-electron chi connectivity index (χ1n) is 6.94. The van der Waals surface area contributed by atoms with Gasteiger partial charge in [0.25, 0.3) is 17.7 Å². The van der Waals surface area contributed by atoms with E-state index in [1.165, 1.54) is 6.92 Å². The lowest BCUT2D eigenvalue weighted by atomic mass is 9.89. The first-order valence-corrected chi connectivity index (χ1v) is 6.94. The summed E-state index contributed by atoms with van der Waals surface area (Å²) in [7, 11) is 1.66. The van der Waals surface area contributed by atoms with Gasteiger partial charge in [0.1, 0.15) is 5.54 Å². The summed E-state index contributed by atoms with van der Waals surface area (Å²) < 4.78 is 0. The third-order valence-corrected chi connectivity index (χ3v) is 4.26. The second kappa shape index (κ2) is 4.66. The molecule has 1 aromatic rings. The van der Waals surface area contributed by atoms with E-state index in [4.69, 9.17) is 0 Å². The number of nitrogens with zero attached hydrogens (tertiary/aromatic N) is 1. The molecule has 2 N–H and O–H groups in total. The van der Waals surface area contributed by atoms with Crippen LogP contribution in [-0.4, -0.2) is 41.1 Å². The fraction of sp³-hybridized carbons (Fsp3) is 0.333. The molecule has 0 aromatic heterocycles. The first-order chi connectivity index (χ1) is 10.4. The monoisotopic (exact) mass is 301 g/mol. The Morgan fingerprint density at radius 3 is 2.55 bits per heavy atom. The number of piperidine rings is 1. The fourth-order valence-electron chi connectivity index (χ4n) is 2.95. The quantitative estimate of drug-likeness (QED) is 0.776. The molecular formula is C15H15N3O4. The number of fused-ring (bicyclic) bond motifs is 1. The predicted octanol–water partition coefficient (Wildman–Crippen LogP) is 0.520. The van der Waals surface area contributed by atoms with Crippen molar-refractivity contribution < 1.29 is 19.2 Å². The van der Waals surface area contributed by atoms with Crippen LogP contribution in [0.25, 0.3) is 0 Å². The highest BCUT2D eigenvalue weighted by molar-refractivity contribution is 6.26. The molecule has 1 atom stereocenters. The molecule has 0 aliphatic carbocycles. The molecular weight excluding hydrogens is 286 g/mol. The molecule has 3 rings (SSSR count). The molecule has 22 heavy (non-hydrogen) atoms.